The zero-order valence-electron chi connectivity index (χ0n) is 13.9. The highest BCUT2D eigenvalue weighted by Crippen LogP contribution is 2.11. The van der Waals surface area contributed by atoms with Gasteiger partial charge in [-0.25, -0.2) is 4.98 Å². The van der Waals surface area contributed by atoms with Crippen LogP contribution in [0.2, 0.25) is 0 Å². The molecule has 6 nitrogen and oxygen atoms in total. The predicted octanol–water partition coefficient (Wildman–Crippen LogP) is 2.66. The third kappa shape index (κ3) is 2.97. The van der Waals surface area contributed by atoms with Crippen LogP contribution in [-0.4, -0.2) is 25.1 Å². The number of carbonyl (C=O) groups is 1. The lowest BCUT2D eigenvalue weighted by Crippen LogP contribution is -2.23. The van der Waals surface area contributed by atoms with Crippen LogP contribution in [0.25, 0.3) is 5.65 Å². The molecule has 1 amide bonds. The monoisotopic (exact) mass is 311 g/mol. The molecular weight excluding hydrogens is 290 g/mol. The Balaban J connectivity index is 1.74. The molecule has 0 aliphatic carbocycles. The number of aromatic nitrogens is 4. The topological polar surface area (TPSA) is 64.2 Å². The third-order valence-corrected chi connectivity index (χ3v) is 3.87. The van der Waals surface area contributed by atoms with Gasteiger partial charge < -0.3 is 9.72 Å². The number of imidazole rings is 1. The van der Waals surface area contributed by atoms with Gasteiger partial charge in [0.15, 0.2) is 0 Å². The molecule has 0 bridgehead atoms. The molecule has 0 fully saturated rings. The van der Waals surface area contributed by atoms with E-state index in [4.69, 9.17) is 0 Å². The number of nitrogens with one attached hydrogen (secondary N) is 1. The predicted molar refractivity (Wildman–Crippen MR) is 88.4 cm³/mol. The summed E-state index contributed by atoms with van der Waals surface area (Å²) in [5, 5.41) is 7.29. The maximum atomic E-state index is 12.4. The van der Waals surface area contributed by atoms with Gasteiger partial charge in [-0.05, 0) is 39.8 Å². The average molecular weight is 311 g/mol. The van der Waals surface area contributed by atoms with Gasteiger partial charge in [-0.2, -0.15) is 5.10 Å². The Kier molecular flexibility index (Phi) is 3.90. The number of fused-ring (bicyclic) bond motifs is 1. The molecular formula is C17H21N5O. The van der Waals surface area contributed by atoms with Crippen LogP contribution >= 0.6 is 0 Å². The van der Waals surface area contributed by atoms with Crippen molar-refractivity contribution in [2.24, 2.45) is 0 Å². The van der Waals surface area contributed by atoms with E-state index in [2.05, 4.69) is 15.4 Å². The number of rotatable bonds is 4. The minimum absolute atomic E-state index is 0.122. The van der Waals surface area contributed by atoms with Crippen LogP contribution < -0.4 is 5.32 Å². The van der Waals surface area contributed by atoms with E-state index in [1.165, 1.54) is 0 Å². The largest absolute Gasteiger partial charge is 0.346 e. The molecule has 120 valence electrons. The summed E-state index contributed by atoms with van der Waals surface area (Å²) in [5.74, 6) is -0.122. The van der Waals surface area contributed by atoms with Gasteiger partial charge in [0.1, 0.15) is 5.65 Å². The molecule has 0 aliphatic heterocycles. The number of carbonyl (C=O) groups excluding carboxylic acids is 1. The van der Waals surface area contributed by atoms with Crippen molar-refractivity contribution >= 4 is 11.6 Å². The highest BCUT2D eigenvalue weighted by molar-refractivity contribution is 5.94. The van der Waals surface area contributed by atoms with Crippen molar-refractivity contribution < 1.29 is 4.79 Å². The third-order valence-electron chi connectivity index (χ3n) is 3.87. The van der Waals surface area contributed by atoms with E-state index in [0.717, 1.165) is 22.7 Å². The van der Waals surface area contributed by atoms with Crippen LogP contribution in [-0.2, 0) is 6.54 Å². The Hall–Kier alpha value is -2.63. The zero-order chi connectivity index (χ0) is 16.6. The molecule has 3 aromatic rings. The first kappa shape index (κ1) is 15.3. The number of hydrogen-bond donors (Lipinski definition) is 1. The fourth-order valence-electron chi connectivity index (χ4n) is 2.52. The van der Waals surface area contributed by atoms with Crippen molar-refractivity contribution in [1.29, 1.82) is 0 Å². The van der Waals surface area contributed by atoms with E-state index < -0.39 is 0 Å². The lowest BCUT2D eigenvalue weighted by Gasteiger charge is -2.03. The fourth-order valence-corrected chi connectivity index (χ4v) is 2.52. The highest BCUT2D eigenvalue weighted by atomic mass is 16.1. The van der Waals surface area contributed by atoms with Crippen molar-refractivity contribution in [3.8, 4) is 0 Å². The minimum Gasteiger partial charge on any atom is -0.346 e. The second kappa shape index (κ2) is 5.87. The Morgan fingerprint density at radius 3 is 2.70 bits per heavy atom. The second-order valence-corrected chi connectivity index (χ2v) is 6.01. The fraction of sp³-hybridized carbons (Fsp3) is 0.353. The molecule has 0 atom stereocenters. The molecule has 1 N–H and O–H groups in total. The molecule has 3 rings (SSSR count). The van der Waals surface area contributed by atoms with Crippen molar-refractivity contribution in [3.05, 3.63) is 53.2 Å². The van der Waals surface area contributed by atoms with Gasteiger partial charge in [-0.15, -0.1) is 0 Å². The number of pyridine rings is 1. The highest BCUT2D eigenvalue weighted by Gasteiger charge is 2.15. The van der Waals surface area contributed by atoms with Gasteiger partial charge in [0, 0.05) is 24.1 Å². The number of nitrogens with zero attached hydrogens (tertiary/aromatic N) is 4. The summed E-state index contributed by atoms with van der Waals surface area (Å²) in [6, 6.07) is 6.19. The summed E-state index contributed by atoms with van der Waals surface area (Å²) >= 11 is 0. The number of amides is 1. The SMILES string of the molecule is Cc1nn(C(C)C)cc1C(=O)NCc1cn2c(C)cccc2n1. The molecule has 0 radical (unpaired) electrons. The first-order chi connectivity index (χ1) is 11.0. The maximum Gasteiger partial charge on any atom is 0.255 e. The average Bonchev–Trinajstić information content (AvgIpc) is 3.09. The van der Waals surface area contributed by atoms with Gasteiger partial charge in [0.2, 0.25) is 0 Å². The van der Waals surface area contributed by atoms with Crippen LogP contribution in [0.1, 0.15) is 47.3 Å². The van der Waals surface area contributed by atoms with E-state index in [-0.39, 0.29) is 11.9 Å². The smallest absolute Gasteiger partial charge is 0.255 e. The Labute approximate surface area is 135 Å². The Bertz CT molecular complexity index is 859. The molecule has 0 unspecified atom stereocenters. The number of aryl methyl sites for hydroxylation is 2. The second-order valence-electron chi connectivity index (χ2n) is 6.01. The molecule has 0 saturated heterocycles. The van der Waals surface area contributed by atoms with Crippen molar-refractivity contribution in [2.45, 2.75) is 40.3 Å². The summed E-state index contributed by atoms with van der Waals surface area (Å²) in [6.07, 6.45) is 3.75. The molecule has 23 heavy (non-hydrogen) atoms. The minimum atomic E-state index is -0.122. The first-order valence-corrected chi connectivity index (χ1v) is 7.73. The van der Waals surface area contributed by atoms with Crippen molar-refractivity contribution in [2.75, 3.05) is 0 Å². The van der Waals surface area contributed by atoms with Crippen LogP contribution in [0.4, 0.5) is 0 Å². The molecule has 0 aromatic carbocycles. The summed E-state index contributed by atoms with van der Waals surface area (Å²) in [5.41, 5.74) is 4.18. The summed E-state index contributed by atoms with van der Waals surface area (Å²) in [6.45, 7) is 8.34. The lowest BCUT2D eigenvalue weighted by molar-refractivity contribution is 0.0950. The Morgan fingerprint density at radius 2 is 2.04 bits per heavy atom. The van der Waals surface area contributed by atoms with E-state index in [0.29, 0.717) is 12.1 Å². The standard InChI is InChI=1S/C17H21N5O/c1-11(2)22-10-15(13(4)20-22)17(23)18-8-14-9-21-12(3)6-5-7-16(21)19-14/h5-7,9-11H,8H2,1-4H3,(H,18,23). The van der Waals surface area contributed by atoms with Crippen molar-refractivity contribution in [1.82, 2.24) is 24.5 Å². The van der Waals surface area contributed by atoms with Gasteiger partial charge in [-0.1, -0.05) is 6.07 Å². The van der Waals surface area contributed by atoms with Gasteiger partial charge >= 0.3 is 0 Å². The van der Waals surface area contributed by atoms with E-state index in [1.807, 2.05) is 56.5 Å². The summed E-state index contributed by atoms with van der Waals surface area (Å²) < 4.78 is 3.82. The van der Waals surface area contributed by atoms with E-state index in [9.17, 15) is 4.79 Å². The molecule has 0 spiro atoms. The first-order valence-electron chi connectivity index (χ1n) is 7.73. The van der Waals surface area contributed by atoms with Gasteiger partial charge in [0.05, 0.1) is 23.5 Å². The Morgan fingerprint density at radius 1 is 1.26 bits per heavy atom. The molecule has 0 saturated carbocycles. The van der Waals surface area contributed by atoms with E-state index in [1.54, 1.807) is 10.9 Å². The van der Waals surface area contributed by atoms with Crippen LogP contribution in [0, 0.1) is 13.8 Å². The summed E-state index contributed by atoms with van der Waals surface area (Å²) in [4.78, 5) is 16.9. The van der Waals surface area contributed by atoms with Crippen molar-refractivity contribution in [3.63, 3.8) is 0 Å². The molecule has 6 heteroatoms. The molecule has 0 aliphatic rings. The van der Waals surface area contributed by atoms with Crippen LogP contribution in [0.3, 0.4) is 0 Å². The summed E-state index contributed by atoms with van der Waals surface area (Å²) in [7, 11) is 0. The van der Waals surface area contributed by atoms with Crippen LogP contribution in [0.5, 0.6) is 0 Å². The normalized spacial score (nSPS) is 11.3. The maximum absolute atomic E-state index is 12.4. The zero-order valence-corrected chi connectivity index (χ0v) is 13.9. The lowest BCUT2D eigenvalue weighted by atomic mass is 10.2. The van der Waals surface area contributed by atoms with E-state index >= 15 is 0 Å². The van der Waals surface area contributed by atoms with Gasteiger partial charge in [-0.3, -0.25) is 9.48 Å². The molecule has 3 aromatic heterocycles. The van der Waals surface area contributed by atoms with Crippen LogP contribution in [0.15, 0.2) is 30.6 Å². The quantitative estimate of drug-likeness (QED) is 0.805. The molecule has 3 heterocycles. The number of hydrogen-bond acceptors (Lipinski definition) is 3. The van der Waals surface area contributed by atoms with Gasteiger partial charge in [0.25, 0.3) is 5.91 Å².